The molecule has 0 saturated heterocycles. The molecule has 100 valence electrons. The van der Waals surface area contributed by atoms with Crippen LogP contribution in [0.3, 0.4) is 0 Å². The molecular formula is C12H10F3N3O. The third-order valence-corrected chi connectivity index (χ3v) is 2.67. The molecule has 2 aromatic rings. The molecule has 0 bridgehead atoms. The molecule has 19 heavy (non-hydrogen) atoms. The fourth-order valence-electron chi connectivity index (χ4n) is 1.75. The molecule has 0 amide bonds. The van der Waals surface area contributed by atoms with Crippen molar-refractivity contribution in [2.45, 2.75) is 20.0 Å². The quantitative estimate of drug-likeness (QED) is 0.787. The van der Waals surface area contributed by atoms with Crippen LogP contribution < -0.4 is 0 Å². The summed E-state index contributed by atoms with van der Waals surface area (Å²) >= 11 is 0. The molecule has 1 aromatic carbocycles. The monoisotopic (exact) mass is 269 g/mol. The highest BCUT2D eigenvalue weighted by Gasteiger charge is 2.40. The fraction of sp³-hybridized carbons (Fsp3) is 0.250. The number of alkyl halides is 3. The van der Waals surface area contributed by atoms with Gasteiger partial charge in [0.15, 0.2) is 17.7 Å². The van der Waals surface area contributed by atoms with Crippen LogP contribution in [-0.4, -0.2) is 21.3 Å². The van der Waals surface area contributed by atoms with Gasteiger partial charge in [0.05, 0.1) is 5.69 Å². The highest BCUT2D eigenvalue weighted by atomic mass is 19.4. The first-order valence-corrected chi connectivity index (χ1v) is 5.40. The van der Waals surface area contributed by atoms with E-state index in [2.05, 4.69) is 10.3 Å². The lowest BCUT2D eigenvalue weighted by molar-refractivity contribution is -0.143. The third kappa shape index (κ3) is 2.35. The second-order valence-corrected chi connectivity index (χ2v) is 4.14. The van der Waals surface area contributed by atoms with Crippen molar-refractivity contribution in [3.05, 3.63) is 40.7 Å². The standard InChI is InChI=1S/C12H10F3N3O/c1-7-3-4-8(2)10(5-7)18-11(12(13,14)15)9(6-19)16-17-18/h3-6H,1-2H3. The number of rotatable bonds is 2. The second-order valence-electron chi connectivity index (χ2n) is 4.14. The zero-order valence-electron chi connectivity index (χ0n) is 10.2. The Morgan fingerprint density at radius 1 is 1.26 bits per heavy atom. The average molecular weight is 269 g/mol. The Kier molecular flexibility index (Phi) is 3.13. The van der Waals surface area contributed by atoms with E-state index in [4.69, 9.17) is 0 Å². The van der Waals surface area contributed by atoms with Gasteiger partial charge < -0.3 is 0 Å². The number of aryl methyl sites for hydroxylation is 2. The number of carbonyl (C=O) groups is 1. The Morgan fingerprint density at radius 2 is 1.95 bits per heavy atom. The van der Waals surface area contributed by atoms with Crippen LogP contribution in [0.1, 0.15) is 27.3 Å². The van der Waals surface area contributed by atoms with E-state index in [0.29, 0.717) is 10.2 Å². The van der Waals surface area contributed by atoms with Gasteiger partial charge in [0.2, 0.25) is 0 Å². The van der Waals surface area contributed by atoms with E-state index in [1.54, 1.807) is 32.0 Å². The Labute approximate surface area is 106 Å². The summed E-state index contributed by atoms with van der Waals surface area (Å²) in [4.78, 5) is 10.7. The van der Waals surface area contributed by atoms with Crippen molar-refractivity contribution in [3.63, 3.8) is 0 Å². The molecule has 0 spiro atoms. The maximum absolute atomic E-state index is 13.0. The molecule has 0 N–H and O–H groups in total. The van der Waals surface area contributed by atoms with Crippen LogP contribution in [0.25, 0.3) is 5.69 Å². The SMILES string of the molecule is Cc1ccc(C)c(-n2nnc(C=O)c2C(F)(F)F)c1. The highest BCUT2D eigenvalue weighted by Crippen LogP contribution is 2.32. The summed E-state index contributed by atoms with van der Waals surface area (Å²) in [7, 11) is 0. The number of hydrogen-bond donors (Lipinski definition) is 0. The van der Waals surface area contributed by atoms with Crippen molar-refractivity contribution >= 4 is 6.29 Å². The summed E-state index contributed by atoms with van der Waals surface area (Å²) in [5.41, 5.74) is -0.215. The topological polar surface area (TPSA) is 47.8 Å². The zero-order chi connectivity index (χ0) is 14.2. The molecule has 0 aliphatic carbocycles. The van der Waals surface area contributed by atoms with Gasteiger partial charge in [-0.25, -0.2) is 4.68 Å². The summed E-state index contributed by atoms with van der Waals surface area (Å²) in [6.45, 7) is 3.42. The van der Waals surface area contributed by atoms with Crippen LogP contribution in [-0.2, 0) is 6.18 Å². The molecular weight excluding hydrogens is 259 g/mol. The van der Waals surface area contributed by atoms with Gasteiger partial charge in [-0.1, -0.05) is 17.3 Å². The van der Waals surface area contributed by atoms with E-state index < -0.39 is 17.6 Å². The number of aldehydes is 1. The smallest absolute Gasteiger partial charge is 0.296 e. The number of hydrogen-bond acceptors (Lipinski definition) is 3. The first-order chi connectivity index (χ1) is 8.84. The Balaban J connectivity index is 2.73. The summed E-state index contributed by atoms with van der Waals surface area (Å²) < 4.78 is 39.6. The molecule has 0 aliphatic rings. The molecule has 1 aromatic heterocycles. The first kappa shape index (κ1) is 13.3. The van der Waals surface area contributed by atoms with E-state index >= 15 is 0 Å². The van der Waals surface area contributed by atoms with E-state index in [1.165, 1.54) is 0 Å². The largest absolute Gasteiger partial charge is 0.435 e. The minimum atomic E-state index is -4.70. The molecule has 1 heterocycles. The molecule has 0 unspecified atom stereocenters. The molecule has 0 atom stereocenters. The van der Waals surface area contributed by atoms with Crippen LogP contribution in [0.15, 0.2) is 18.2 Å². The van der Waals surface area contributed by atoms with Gasteiger partial charge in [0.1, 0.15) is 0 Å². The van der Waals surface area contributed by atoms with Gasteiger partial charge in [0.25, 0.3) is 0 Å². The van der Waals surface area contributed by atoms with Crippen LogP contribution in [0.4, 0.5) is 13.2 Å². The zero-order valence-corrected chi connectivity index (χ0v) is 10.2. The van der Waals surface area contributed by atoms with Gasteiger partial charge in [-0.05, 0) is 31.0 Å². The van der Waals surface area contributed by atoms with Crippen LogP contribution in [0, 0.1) is 13.8 Å². The predicted molar refractivity (Wildman–Crippen MR) is 61.2 cm³/mol. The molecule has 0 saturated carbocycles. The summed E-state index contributed by atoms with van der Waals surface area (Å²) in [6, 6.07) is 5.03. The van der Waals surface area contributed by atoms with Crippen LogP contribution in [0.5, 0.6) is 0 Å². The van der Waals surface area contributed by atoms with Crippen molar-refractivity contribution in [1.82, 2.24) is 15.0 Å². The average Bonchev–Trinajstić information content (AvgIpc) is 2.75. The Morgan fingerprint density at radius 3 is 2.53 bits per heavy atom. The third-order valence-electron chi connectivity index (χ3n) is 2.67. The maximum Gasteiger partial charge on any atom is 0.435 e. The molecule has 0 radical (unpaired) electrons. The lowest BCUT2D eigenvalue weighted by Crippen LogP contribution is -2.16. The van der Waals surface area contributed by atoms with Gasteiger partial charge in [-0.3, -0.25) is 4.79 Å². The number of carbonyl (C=O) groups excluding carboxylic acids is 1. The van der Waals surface area contributed by atoms with Gasteiger partial charge >= 0.3 is 6.18 Å². The van der Waals surface area contributed by atoms with Crippen molar-refractivity contribution in [1.29, 1.82) is 0 Å². The predicted octanol–water partition coefficient (Wildman–Crippen LogP) is 2.72. The summed E-state index contributed by atoms with van der Waals surface area (Å²) in [6.07, 6.45) is -4.65. The maximum atomic E-state index is 13.0. The normalized spacial score (nSPS) is 11.6. The molecule has 2 rings (SSSR count). The van der Waals surface area contributed by atoms with Gasteiger partial charge in [0, 0.05) is 0 Å². The van der Waals surface area contributed by atoms with Crippen molar-refractivity contribution in [2.24, 2.45) is 0 Å². The lowest BCUT2D eigenvalue weighted by Gasteiger charge is -2.12. The second kappa shape index (κ2) is 4.49. The molecule has 0 aliphatic heterocycles. The van der Waals surface area contributed by atoms with Crippen molar-refractivity contribution < 1.29 is 18.0 Å². The van der Waals surface area contributed by atoms with Crippen molar-refractivity contribution in [3.8, 4) is 5.69 Å². The lowest BCUT2D eigenvalue weighted by atomic mass is 10.1. The van der Waals surface area contributed by atoms with E-state index in [1.807, 2.05) is 0 Å². The van der Waals surface area contributed by atoms with Gasteiger partial charge in [-0.15, -0.1) is 5.10 Å². The molecule has 0 fully saturated rings. The van der Waals surface area contributed by atoms with E-state index in [9.17, 15) is 18.0 Å². The Hall–Kier alpha value is -2.18. The van der Waals surface area contributed by atoms with Crippen LogP contribution in [0.2, 0.25) is 0 Å². The van der Waals surface area contributed by atoms with Crippen LogP contribution >= 0.6 is 0 Å². The Bertz CT molecular complexity index is 632. The highest BCUT2D eigenvalue weighted by molar-refractivity contribution is 5.74. The first-order valence-electron chi connectivity index (χ1n) is 5.40. The number of halogens is 3. The van der Waals surface area contributed by atoms with E-state index in [0.717, 1.165) is 5.56 Å². The molecule has 4 nitrogen and oxygen atoms in total. The van der Waals surface area contributed by atoms with E-state index in [-0.39, 0.29) is 12.0 Å². The summed E-state index contributed by atoms with van der Waals surface area (Å²) in [5, 5.41) is 6.71. The number of benzene rings is 1. The fourth-order valence-corrected chi connectivity index (χ4v) is 1.75. The molecule has 7 heteroatoms. The van der Waals surface area contributed by atoms with Gasteiger partial charge in [-0.2, -0.15) is 13.2 Å². The number of aromatic nitrogens is 3. The summed E-state index contributed by atoms with van der Waals surface area (Å²) in [5.74, 6) is 0. The number of nitrogens with zero attached hydrogens (tertiary/aromatic N) is 3. The minimum absolute atomic E-state index is 0.0530. The van der Waals surface area contributed by atoms with Crippen molar-refractivity contribution in [2.75, 3.05) is 0 Å². The minimum Gasteiger partial charge on any atom is -0.296 e.